The molecular formula is C26H26N4O6S3. The van der Waals surface area contributed by atoms with Crippen LogP contribution in [-0.4, -0.2) is 38.9 Å². The first kappa shape index (κ1) is 28.4. The lowest BCUT2D eigenvalue weighted by Crippen LogP contribution is -2.49. The number of methoxy groups -OCH3 is 1. The van der Waals surface area contributed by atoms with Gasteiger partial charge >= 0.3 is 17.5 Å². The molecule has 10 nitrogen and oxygen atoms in total. The van der Waals surface area contributed by atoms with E-state index in [0.29, 0.717) is 17.8 Å². The molecule has 4 N–H and O–H groups in total. The number of benzene rings is 2. The van der Waals surface area contributed by atoms with Gasteiger partial charge in [0.2, 0.25) is 5.91 Å². The van der Waals surface area contributed by atoms with Gasteiger partial charge in [-0.15, -0.1) is 27.0 Å². The standard InChI is InChI=1S/C26H26N4O6S3/c1-35-26(32)29-21(15-17-6-3-2-4-7-17)24(31)27-20(22-16-38-25(28-22)23-8-5-13-37-23)14-18-9-11-19(12-10-18)30-36-39(33)34/h2-13,16,20-21,30H,14-15H2,1H3,(H,27,31)(H,29,32)(H,33,34)/t20-,21-/m0/s1. The summed E-state index contributed by atoms with van der Waals surface area (Å²) in [5.74, 6) is -0.378. The molecule has 2 heterocycles. The van der Waals surface area contributed by atoms with E-state index in [2.05, 4.69) is 20.4 Å². The van der Waals surface area contributed by atoms with E-state index in [1.54, 1.807) is 23.5 Å². The number of carbonyl (C=O) groups is 2. The van der Waals surface area contributed by atoms with Crippen LogP contribution < -0.4 is 16.1 Å². The van der Waals surface area contributed by atoms with Crippen molar-refractivity contribution in [2.45, 2.75) is 24.9 Å². The van der Waals surface area contributed by atoms with E-state index in [9.17, 15) is 13.8 Å². The second kappa shape index (κ2) is 14.0. The lowest BCUT2D eigenvalue weighted by molar-refractivity contribution is -0.123. The van der Waals surface area contributed by atoms with E-state index in [1.807, 2.05) is 65.4 Å². The minimum Gasteiger partial charge on any atom is -0.453 e. The first-order valence-corrected chi connectivity index (χ1v) is 14.5. The number of thiazole rings is 1. The Bertz CT molecular complexity index is 1380. The van der Waals surface area contributed by atoms with Crippen LogP contribution in [0.2, 0.25) is 0 Å². The molecule has 0 bridgehead atoms. The molecule has 3 atom stereocenters. The van der Waals surface area contributed by atoms with Crippen molar-refractivity contribution in [1.82, 2.24) is 15.6 Å². The van der Waals surface area contributed by atoms with Crippen molar-refractivity contribution in [2.75, 3.05) is 12.6 Å². The first-order chi connectivity index (χ1) is 18.9. The largest absolute Gasteiger partial charge is 0.453 e. The highest BCUT2D eigenvalue weighted by Crippen LogP contribution is 2.31. The number of nitrogens with one attached hydrogen (secondary N) is 3. The Labute approximate surface area is 235 Å². The molecule has 0 saturated heterocycles. The number of alkyl carbamates (subject to hydrolysis) is 1. The first-order valence-electron chi connectivity index (χ1n) is 11.7. The van der Waals surface area contributed by atoms with Gasteiger partial charge in [-0.3, -0.25) is 9.35 Å². The second-order valence-corrected chi connectivity index (χ2v) is 10.7. The molecule has 0 aliphatic rings. The third kappa shape index (κ3) is 8.43. The SMILES string of the molecule is COC(=O)N[C@@H](Cc1ccccc1)C(=O)N[C@@H](Cc1ccc(NOS(=O)O)cc1)c1csc(-c2cccs2)n1. The Morgan fingerprint density at radius 1 is 0.974 bits per heavy atom. The van der Waals surface area contributed by atoms with Crippen molar-refractivity contribution in [3.05, 3.63) is 94.3 Å². The molecule has 0 saturated carbocycles. The Morgan fingerprint density at radius 2 is 1.72 bits per heavy atom. The van der Waals surface area contributed by atoms with Crippen molar-refractivity contribution in [1.29, 1.82) is 0 Å². The van der Waals surface area contributed by atoms with Crippen LogP contribution in [0.25, 0.3) is 9.88 Å². The molecule has 2 aromatic carbocycles. The summed E-state index contributed by atoms with van der Waals surface area (Å²) in [4.78, 5) is 31.4. The summed E-state index contributed by atoms with van der Waals surface area (Å²) >= 11 is 0.622. The van der Waals surface area contributed by atoms with Crippen LogP contribution in [0.5, 0.6) is 0 Å². The van der Waals surface area contributed by atoms with Crippen LogP contribution >= 0.6 is 22.7 Å². The molecular weight excluding hydrogens is 561 g/mol. The van der Waals surface area contributed by atoms with Crippen molar-refractivity contribution in [2.24, 2.45) is 0 Å². The number of nitrogens with zero attached hydrogens (tertiary/aromatic N) is 1. The molecule has 0 fully saturated rings. The fourth-order valence-corrected chi connectivity index (χ4v) is 5.61. The highest BCUT2D eigenvalue weighted by atomic mass is 32.2. The zero-order valence-corrected chi connectivity index (χ0v) is 23.2. The molecule has 13 heteroatoms. The lowest BCUT2D eigenvalue weighted by atomic mass is 10.0. The maximum atomic E-state index is 13.5. The molecule has 4 rings (SSSR count). The molecule has 0 aliphatic heterocycles. The summed E-state index contributed by atoms with van der Waals surface area (Å²) < 4.78 is 28.8. The third-order valence-corrected chi connectivity index (χ3v) is 7.75. The number of ether oxygens (including phenoxy) is 1. The molecule has 2 amide bonds. The van der Waals surface area contributed by atoms with Crippen LogP contribution in [0, 0.1) is 0 Å². The highest BCUT2D eigenvalue weighted by Gasteiger charge is 2.26. The normalized spacial score (nSPS) is 13.2. The van der Waals surface area contributed by atoms with E-state index >= 15 is 0 Å². The molecule has 0 spiro atoms. The van der Waals surface area contributed by atoms with Gasteiger partial charge < -0.3 is 15.4 Å². The van der Waals surface area contributed by atoms with E-state index in [0.717, 1.165) is 21.0 Å². The zero-order chi connectivity index (χ0) is 27.6. The smallest absolute Gasteiger partial charge is 0.407 e. The summed E-state index contributed by atoms with van der Waals surface area (Å²) in [5.41, 5.74) is 5.32. The Hall–Kier alpha value is -3.62. The van der Waals surface area contributed by atoms with E-state index in [1.165, 1.54) is 18.4 Å². The summed E-state index contributed by atoms with van der Waals surface area (Å²) in [6, 6.07) is 19.0. The fourth-order valence-electron chi connectivity index (χ4n) is 3.75. The molecule has 204 valence electrons. The second-order valence-electron chi connectivity index (χ2n) is 8.30. The van der Waals surface area contributed by atoms with Crippen LogP contribution in [0.15, 0.2) is 77.5 Å². The molecule has 0 aliphatic carbocycles. The number of hydrogen-bond acceptors (Lipinski definition) is 9. The number of aromatic nitrogens is 1. The molecule has 0 radical (unpaired) electrons. The number of amides is 2. The Kier molecular flexibility index (Phi) is 10.2. The van der Waals surface area contributed by atoms with E-state index in [-0.39, 0.29) is 12.3 Å². The van der Waals surface area contributed by atoms with Crippen molar-refractivity contribution >= 4 is 51.7 Å². The molecule has 1 unspecified atom stereocenters. The maximum Gasteiger partial charge on any atom is 0.407 e. The van der Waals surface area contributed by atoms with Gasteiger partial charge in [-0.1, -0.05) is 48.5 Å². The fraction of sp³-hybridized carbons (Fsp3) is 0.192. The average Bonchev–Trinajstić information content (AvgIpc) is 3.65. The highest BCUT2D eigenvalue weighted by molar-refractivity contribution is 7.74. The molecule has 4 aromatic rings. The van der Waals surface area contributed by atoms with Crippen molar-refractivity contribution in [3.8, 4) is 9.88 Å². The van der Waals surface area contributed by atoms with E-state index < -0.39 is 29.5 Å². The molecule has 2 aromatic heterocycles. The van der Waals surface area contributed by atoms with Gasteiger partial charge in [0, 0.05) is 11.8 Å². The average molecular weight is 587 g/mol. The van der Waals surface area contributed by atoms with Gasteiger partial charge in [-0.25, -0.2) is 15.3 Å². The topological polar surface area (TPSA) is 139 Å². The zero-order valence-electron chi connectivity index (χ0n) is 20.7. The summed E-state index contributed by atoms with van der Waals surface area (Å²) in [5, 5.41) is 10.5. The lowest BCUT2D eigenvalue weighted by Gasteiger charge is -2.23. The number of carbonyl (C=O) groups excluding carboxylic acids is 2. The quantitative estimate of drug-likeness (QED) is 0.138. The Morgan fingerprint density at radius 3 is 2.38 bits per heavy atom. The van der Waals surface area contributed by atoms with Crippen LogP contribution in [0.1, 0.15) is 22.9 Å². The van der Waals surface area contributed by atoms with Gasteiger partial charge in [0.1, 0.15) is 11.0 Å². The maximum absolute atomic E-state index is 13.5. The number of anilines is 1. The number of hydrogen-bond donors (Lipinski definition) is 4. The van der Waals surface area contributed by atoms with Crippen LogP contribution in [-0.2, 0) is 38.0 Å². The van der Waals surface area contributed by atoms with Gasteiger partial charge in [-0.05, 0) is 41.1 Å². The minimum atomic E-state index is -2.45. The monoisotopic (exact) mass is 586 g/mol. The van der Waals surface area contributed by atoms with Crippen molar-refractivity contribution < 1.29 is 27.4 Å². The van der Waals surface area contributed by atoms with Crippen molar-refractivity contribution in [3.63, 3.8) is 0 Å². The molecule has 39 heavy (non-hydrogen) atoms. The summed E-state index contributed by atoms with van der Waals surface area (Å²) in [6.07, 6.45) is -0.0215. The van der Waals surface area contributed by atoms with Gasteiger partial charge in [0.25, 0.3) is 0 Å². The predicted octanol–water partition coefficient (Wildman–Crippen LogP) is 4.72. The number of rotatable bonds is 12. The van der Waals surface area contributed by atoms with Gasteiger partial charge in [-0.2, -0.15) is 4.21 Å². The van der Waals surface area contributed by atoms with Gasteiger partial charge in [0.15, 0.2) is 0 Å². The van der Waals surface area contributed by atoms with Crippen LogP contribution in [0.3, 0.4) is 0 Å². The summed E-state index contributed by atoms with van der Waals surface area (Å²) in [6.45, 7) is 0. The Balaban J connectivity index is 1.56. The van der Waals surface area contributed by atoms with E-state index in [4.69, 9.17) is 14.3 Å². The van der Waals surface area contributed by atoms with Crippen LogP contribution in [0.4, 0.5) is 10.5 Å². The predicted molar refractivity (Wildman–Crippen MR) is 151 cm³/mol. The third-order valence-electron chi connectivity index (χ3n) is 5.63. The number of thiophene rings is 1. The minimum absolute atomic E-state index is 0.276. The van der Waals surface area contributed by atoms with Gasteiger partial charge in [0.05, 0.1) is 29.4 Å². The summed E-state index contributed by atoms with van der Waals surface area (Å²) in [7, 11) is 1.25.